The number of imide groups is 1. The Morgan fingerprint density at radius 2 is 2.00 bits per heavy atom. The third-order valence-corrected chi connectivity index (χ3v) is 4.08. The van der Waals surface area contributed by atoms with Crippen molar-refractivity contribution in [2.45, 2.75) is 25.9 Å². The number of carbonyl (C=O) groups is 3. The summed E-state index contributed by atoms with van der Waals surface area (Å²) >= 11 is 0. The molecule has 2 fully saturated rings. The molecule has 1 aromatic heterocycles. The van der Waals surface area contributed by atoms with E-state index in [-0.39, 0.29) is 12.3 Å². The third kappa shape index (κ3) is 3.47. The van der Waals surface area contributed by atoms with Crippen LogP contribution in [-0.4, -0.2) is 70.2 Å². The van der Waals surface area contributed by atoms with E-state index in [4.69, 9.17) is 0 Å². The number of aromatic nitrogens is 2. The second-order valence-electron chi connectivity index (χ2n) is 5.67. The average Bonchev–Trinajstić information content (AvgIpc) is 3.05. The van der Waals surface area contributed by atoms with Crippen molar-refractivity contribution < 1.29 is 19.0 Å². The lowest BCUT2D eigenvalue weighted by atomic mass is 10.1. The van der Waals surface area contributed by atoms with E-state index < -0.39 is 18.0 Å². The van der Waals surface area contributed by atoms with E-state index in [2.05, 4.69) is 30.5 Å². The molecule has 1 aromatic rings. The third-order valence-electron chi connectivity index (χ3n) is 4.08. The molecular weight excluding hydrogens is 304 g/mol. The Hall–Kier alpha value is -2.49. The molecule has 3 rings (SSSR count). The highest BCUT2D eigenvalue weighted by Gasteiger charge is 2.33. The number of hydrogen-bond donors (Lipinski definition) is 2. The Labute approximate surface area is 132 Å². The van der Waals surface area contributed by atoms with Crippen molar-refractivity contribution in [3.63, 3.8) is 0 Å². The summed E-state index contributed by atoms with van der Waals surface area (Å²) in [7, 11) is 0. The molecule has 10 nitrogen and oxygen atoms in total. The van der Waals surface area contributed by atoms with Crippen molar-refractivity contribution in [1.82, 2.24) is 30.7 Å². The highest BCUT2D eigenvalue weighted by Crippen LogP contribution is 2.11. The van der Waals surface area contributed by atoms with Gasteiger partial charge in [-0.1, -0.05) is 10.3 Å². The summed E-state index contributed by atoms with van der Waals surface area (Å²) in [5.41, 5.74) is 1.57. The van der Waals surface area contributed by atoms with Gasteiger partial charge in [0, 0.05) is 32.7 Å². The molecule has 0 aromatic carbocycles. The molecule has 2 N–H and O–H groups in total. The highest BCUT2D eigenvalue weighted by molar-refractivity contribution is 6.05. The molecule has 0 spiro atoms. The summed E-state index contributed by atoms with van der Waals surface area (Å²) in [6.07, 6.45) is -0.0100. The molecule has 0 radical (unpaired) electrons. The molecule has 4 amide bonds. The molecule has 124 valence electrons. The number of urea groups is 1. The lowest BCUT2D eigenvalue weighted by molar-refractivity contribution is -0.135. The SMILES string of the molecule is Cc1nonc1CN1CCN(C(=O)C[C@H]2NC(=O)NC2=O)CC1. The number of hydrogen-bond acceptors (Lipinski definition) is 7. The molecule has 1 atom stereocenters. The van der Waals surface area contributed by atoms with Crippen molar-refractivity contribution in [3.05, 3.63) is 11.4 Å². The molecule has 10 heteroatoms. The van der Waals surface area contributed by atoms with Gasteiger partial charge in [0.1, 0.15) is 17.4 Å². The van der Waals surface area contributed by atoms with E-state index >= 15 is 0 Å². The number of piperazine rings is 1. The van der Waals surface area contributed by atoms with Crippen molar-refractivity contribution in [3.8, 4) is 0 Å². The zero-order valence-corrected chi connectivity index (χ0v) is 12.7. The van der Waals surface area contributed by atoms with Crippen LogP contribution in [0.15, 0.2) is 4.63 Å². The maximum atomic E-state index is 12.2. The molecular formula is C13H18N6O4. The zero-order valence-electron chi connectivity index (χ0n) is 12.7. The first-order valence-electron chi connectivity index (χ1n) is 7.42. The molecule has 2 aliphatic heterocycles. The minimum absolute atomic E-state index is 0.0100. The molecule has 0 saturated carbocycles. The highest BCUT2D eigenvalue weighted by atomic mass is 16.6. The van der Waals surface area contributed by atoms with Crippen LogP contribution >= 0.6 is 0 Å². The Morgan fingerprint density at radius 3 is 2.57 bits per heavy atom. The monoisotopic (exact) mass is 322 g/mol. The molecule has 0 unspecified atom stereocenters. The normalized spacial score (nSPS) is 22.1. The van der Waals surface area contributed by atoms with Gasteiger partial charge in [0.2, 0.25) is 5.91 Å². The van der Waals surface area contributed by atoms with E-state index in [0.717, 1.165) is 11.4 Å². The molecule has 0 aliphatic carbocycles. The fourth-order valence-electron chi connectivity index (χ4n) is 2.67. The Morgan fingerprint density at radius 1 is 1.26 bits per heavy atom. The standard InChI is InChI=1S/C13H18N6O4/c1-8-10(17-23-16-8)7-18-2-4-19(5-3-18)11(20)6-9-12(21)15-13(22)14-9/h9H,2-7H2,1H3,(H2,14,15,21,22)/t9-/m1/s1. The van der Waals surface area contributed by atoms with Crippen LogP contribution in [0.4, 0.5) is 4.79 Å². The van der Waals surface area contributed by atoms with E-state index in [9.17, 15) is 14.4 Å². The van der Waals surface area contributed by atoms with Crippen LogP contribution < -0.4 is 10.6 Å². The predicted octanol–water partition coefficient (Wildman–Crippen LogP) is -1.38. The molecule has 23 heavy (non-hydrogen) atoms. The minimum atomic E-state index is -0.767. The number of carbonyl (C=O) groups excluding carboxylic acids is 3. The summed E-state index contributed by atoms with van der Waals surface area (Å²) in [5.74, 6) is -0.581. The largest absolute Gasteiger partial charge is 0.340 e. The average molecular weight is 322 g/mol. The maximum Gasteiger partial charge on any atom is 0.322 e. The van der Waals surface area contributed by atoms with Gasteiger partial charge < -0.3 is 10.2 Å². The smallest absolute Gasteiger partial charge is 0.322 e. The van der Waals surface area contributed by atoms with Gasteiger partial charge in [0.15, 0.2) is 0 Å². The molecule has 2 saturated heterocycles. The van der Waals surface area contributed by atoms with E-state index in [1.807, 2.05) is 6.92 Å². The van der Waals surface area contributed by atoms with Crippen molar-refractivity contribution in [2.75, 3.05) is 26.2 Å². The van der Waals surface area contributed by atoms with Gasteiger partial charge in [-0.25, -0.2) is 9.42 Å². The van der Waals surface area contributed by atoms with Crippen LogP contribution in [0.25, 0.3) is 0 Å². The quantitative estimate of drug-likeness (QED) is 0.655. The zero-order chi connectivity index (χ0) is 16.4. The lowest BCUT2D eigenvalue weighted by Crippen LogP contribution is -2.49. The van der Waals surface area contributed by atoms with Gasteiger partial charge in [-0.05, 0) is 6.92 Å². The van der Waals surface area contributed by atoms with E-state index in [1.54, 1.807) is 4.90 Å². The van der Waals surface area contributed by atoms with E-state index in [1.165, 1.54) is 0 Å². The van der Waals surface area contributed by atoms with Crippen LogP contribution in [0.1, 0.15) is 17.8 Å². The number of amides is 4. The van der Waals surface area contributed by atoms with Gasteiger partial charge in [0.25, 0.3) is 5.91 Å². The van der Waals surface area contributed by atoms with Gasteiger partial charge in [-0.2, -0.15) is 0 Å². The number of nitrogens with zero attached hydrogens (tertiary/aromatic N) is 4. The Bertz CT molecular complexity index is 622. The minimum Gasteiger partial charge on any atom is -0.340 e. The summed E-state index contributed by atoms with van der Waals surface area (Å²) in [5, 5.41) is 12.2. The van der Waals surface area contributed by atoms with Gasteiger partial charge in [-0.3, -0.25) is 19.8 Å². The number of nitrogens with one attached hydrogen (secondary N) is 2. The topological polar surface area (TPSA) is 121 Å². The summed E-state index contributed by atoms with van der Waals surface area (Å²) in [6.45, 7) is 5.05. The first-order valence-corrected chi connectivity index (χ1v) is 7.42. The lowest BCUT2D eigenvalue weighted by Gasteiger charge is -2.34. The van der Waals surface area contributed by atoms with Crippen LogP contribution in [0.2, 0.25) is 0 Å². The maximum absolute atomic E-state index is 12.2. The van der Waals surface area contributed by atoms with Crippen molar-refractivity contribution >= 4 is 17.8 Å². The summed E-state index contributed by atoms with van der Waals surface area (Å²) < 4.78 is 4.68. The summed E-state index contributed by atoms with van der Waals surface area (Å²) in [6, 6.07) is -1.31. The van der Waals surface area contributed by atoms with Crippen LogP contribution in [0.5, 0.6) is 0 Å². The Balaban J connectivity index is 1.47. The van der Waals surface area contributed by atoms with Gasteiger partial charge >= 0.3 is 6.03 Å². The number of aryl methyl sites for hydroxylation is 1. The van der Waals surface area contributed by atoms with Gasteiger partial charge in [0.05, 0.1) is 6.42 Å². The van der Waals surface area contributed by atoms with Crippen LogP contribution in [0.3, 0.4) is 0 Å². The second kappa shape index (κ2) is 6.32. The van der Waals surface area contributed by atoms with Gasteiger partial charge in [-0.15, -0.1) is 0 Å². The molecule has 2 aliphatic rings. The molecule has 0 bridgehead atoms. The Kier molecular flexibility index (Phi) is 4.24. The van der Waals surface area contributed by atoms with Crippen molar-refractivity contribution in [2.24, 2.45) is 0 Å². The van der Waals surface area contributed by atoms with E-state index in [0.29, 0.717) is 32.7 Å². The predicted molar refractivity (Wildman–Crippen MR) is 76.0 cm³/mol. The van der Waals surface area contributed by atoms with Crippen molar-refractivity contribution in [1.29, 1.82) is 0 Å². The number of rotatable bonds is 4. The second-order valence-corrected chi connectivity index (χ2v) is 5.67. The first kappa shape index (κ1) is 15.4. The molecule has 3 heterocycles. The van der Waals surface area contributed by atoms with Crippen LogP contribution in [-0.2, 0) is 16.1 Å². The first-order chi connectivity index (χ1) is 11.0. The fourth-order valence-corrected chi connectivity index (χ4v) is 2.67. The fraction of sp³-hybridized carbons (Fsp3) is 0.615. The van der Waals surface area contributed by atoms with Crippen LogP contribution in [0, 0.1) is 6.92 Å². The summed E-state index contributed by atoms with van der Waals surface area (Å²) in [4.78, 5) is 38.6.